The number of hydroxylamine groups is 2. The zero-order valence-electron chi connectivity index (χ0n) is 13.5. The zero-order chi connectivity index (χ0) is 14.2. The fourth-order valence-electron chi connectivity index (χ4n) is 3.39. The average Bonchev–Trinajstić information content (AvgIpc) is 2.12. The van der Waals surface area contributed by atoms with Gasteiger partial charge in [-0.3, -0.25) is 4.84 Å². The topological polar surface area (TPSA) is 21.7 Å². The monoisotopic (exact) mass is 257 g/mol. The highest BCUT2D eigenvalue weighted by molar-refractivity contribution is 4.95. The first-order chi connectivity index (χ1) is 8.00. The quantitative estimate of drug-likeness (QED) is 0.767. The summed E-state index contributed by atoms with van der Waals surface area (Å²) in [6.07, 6.45) is 2.34. The largest absolute Gasteiger partial charge is 0.376 e. The summed E-state index contributed by atoms with van der Waals surface area (Å²) in [5.74, 6) is 0.741. The summed E-state index contributed by atoms with van der Waals surface area (Å²) >= 11 is 0. The van der Waals surface area contributed by atoms with Crippen molar-refractivity contribution in [3.05, 3.63) is 0 Å². The van der Waals surface area contributed by atoms with E-state index < -0.39 is 0 Å². The van der Waals surface area contributed by atoms with Crippen molar-refractivity contribution in [3.63, 3.8) is 0 Å². The van der Waals surface area contributed by atoms with Gasteiger partial charge in [0, 0.05) is 18.2 Å². The first-order valence-corrected chi connectivity index (χ1v) is 6.99. The van der Waals surface area contributed by atoms with Crippen LogP contribution in [0.5, 0.6) is 0 Å². The van der Waals surface area contributed by atoms with Crippen LogP contribution >= 0.6 is 0 Å². The lowest BCUT2D eigenvalue weighted by atomic mass is 9.76. The van der Waals surface area contributed by atoms with Gasteiger partial charge in [-0.15, -0.1) is 0 Å². The van der Waals surface area contributed by atoms with Crippen molar-refractivity contribution in [2.75, 3.05) is 13.7 Å². The molecule has 108 valence electrons. The Morgan fingerprint density at radius 3 is 1.94 bits per heavy atom. The number of methoxy groups -OCH3 is 1. The van der Waals surface area contributed by atoms with Gasteiger partial charge in [-0.1, -0.05) is 6.92 Å². The number of hydrogen-bond acceptors (Lipinski definition) is 3. The van der Waals surface area contributed by atoms with Gasteiger partial charge in [0.2, 0.25) is 0 Å². The van der Waals surface area contributed by atoms with Gasteiger partial charge in [0.05, 0.1) is 12.2 Å². The third-order valence-corrected chi connectivity index (χ3v) is 3.89. The predicted octanol–water partition coefficient (Wildman–Crippen LogP) is 3.63. The lowest BCUT2D eigenvalue weighted by molar-refractivity contribution is -0.303. The Hall–Kier alpha value is -0.120. The molecule has 0 aromatic heterocycles. The van der Waals surface area contributed by atoms with E-state index in [-0.39, 0.29) is 16.7 Å². The molecular formula is C15H31NO2. The highest BCUT2D eigenvalue weighted by Crippen LogP contribution is 2.41. The molecule has 1 heterocycles. The molecule has 0 aromatic carbocycles. The van der Waals surface area contributed by atoms with Gasteiger partial charge >= 0.3 is 0 Å². The second kappa shape index (κ2) is 5.10. The standard InChI is InChI=1S/C15H31NO2/c1-12-9-13(2,3)16(14(4,5)10-12)18-11-15(6,7)17-8/h12H,9-11H2,1-8H3. The molecule has 0 atom stereocenters. The SMILES string of the molecule is COC(C)(C)CON1C(C)(C)CC(C)CC1(C)C. The summed E-state index contributed by atoms with van der Waals surface area (Å²) in [5, 5.41) is 2.20. The summed E-state index contributed by atoms with van der Waals surface area (Å²) < 4.78 is 5.43. The maximum atomic E-state index is 6.13. The number of ether oxygens (including phenoxy) is 1. The van der Waals surface area contributed by atoms with Crippen LogP contribution in [-0.4, -0.2) is 35.5 Å². The van der Waals surface area contributed by atoms with Gasteiger partial charge in [-0.05, 0) is 60.3 Å². The van der Waals surface area contributed by atoms with Crippen LogP contribution in [0.2, 0.25) is 0 Å². The molecule has 0 bridgehead atoms. The van der Waals surface area contributed by atoms with Crippen LogP contribution in [0.25, 0.3) is 0 Å². The molecule has 0 radical (unpaired) electrons. The second-order valence-corrected chi connectivity index (χ2v) is 7.67. The molecular weight excluding hydrogens is 226 g/mol. The van der Waals surface area contributed by atoms with Crippen molar-refractivity contribution >= 4 is 0 Å². The van der Waals surface area contributed by atoms with E-state index >= 15 is 0 Å². The molecule has 0 amide bonds. The lowest BCUT2D eigenvalue weighted by Gasteiger charge is -2.53. The Balaban J connectivity index is 2.77. The number of rotatable bonds is 4. The van der Waals surface area contributed by atoms with Crippen LogP contribution in [0.15, 0.2) is 0 Å². The van der Waals surface area contributed by atoms with Crippen molar-refractivity contribution < 1.29 is 9.57 Å². The van der Waals surface area contributed by atoms with Gasteiger partial charge in [0.15, 0.2) is 0 Å². The minimum atomic E-state index is -0.241. The van der Waals surface area contributed by atoms with Crippen molar-refractivity contribution in [1.29, 1.82) is 0 Å². The summed E-state index contributed by atoms with van der Waals surface area (Å²) in [7, 11) is 1.73. The highest BCUT2D eigenvalue weighted by Gasteiger charge is 2.45. The fourth-order valence-corrected chi connectivity index (χ4v) is 3.39. The van der Waals surface area contributed by atoms with Gasteiger partial charge in [0.25, 0.3) is 0 Å². The molecule has 0 saturated carbocycles. The van der Waals surface area contributed by atoms with Crippen LogP contribution in [0.4, 0.5) is 0 Å². The molecule has 3 nitrogen and oxygen atoms in total. The van der Waals surface area contributed by atoms with E-state index in [0.29, 0.717) is 6.61 Å². The van der Waals surface area contributed by atoms with Crippen molar-refractivity contribution in [2.45, 2.75) is 78.0 Å². The van der Waals surface area contributed by atoms with E-state index in [1.165, 1.54) is 12.8 Å². The van der Waals surface area contributed by atoms with Gasteiger partial charge in [-0.25, -0.2) is 0 Å². The molecule has 0 N–H and O–H groups in total. The Kier molecular flexibility index (Phi) is 4.52. The second-order valence-electron chi connectivity index (χ2n) is 7.67. The minimum Gasteiger partial charge on any atom is -0.376 e. The summed E-state index contributed by atoms with van der Waals surface area (Å²) in [5.41, 5.74) is -0.0921. The fraction of sp³-hybridized carbons (Fsp3) is 1.00. The molecule has 1 aliphatic heterocycles. The summed E-state index contributed by atoms with van der Waals surface area (Å²) in [4.78, 5) is 6.13. The number of nitrogens with zero attached hydrogens (tertiary/aromatic N) is 1. The maximum Gasteiger partial charge on any atom is 0.0970 e. The van der Waals surface area contributed by atoms with Gasteiger partial charge < -0.3 is 4.74 Å². The molecule has 0 aliphatic carbocycles. The third-order valence-electron chi connectivity index (χ3n) is 3.89. The molecule has 0 unspecified atom stereocenters. The Morgan fingerprint density at radius 2 is 1.56 bits per heavy atom. The van der Waals surface area contributed by atoms with Gasteiger partial charge in [-0.2, -0.15) is 5.06 Å². The molecule has 1 aliphatic rings. The molecule has 0 aromatic rings. The van der Waals surface area contributed by atoms with E-state index in [0.717, 1.165) is 5.92 Å². The van der Waals surface area contributed by atoms with Crippen LogP contribution in [0.3, 0.4) is 0 Å². The highest BCUT2D eigenvalue weighted by atomic mass is 16.7. The smallest absolute Gasteiger partial charge is 0.0970 e. The van der Waals surface area contributed by atoms with E-state index in [1.807, 2.05) is 0 Å². The first kappa shape index (κ1) is 15.9. The number of piperidine rings is 1. The third kappa shape index (κ3) is 3.69. The molecule has 1 fully saturated rings. The van der Waals surface area contributed by atoms with E-state index in [9.17, 15) is 0 Å². The van der Waals surface area contributed by atoms with Crippen molar-refractivity contribution in [1.82, 2.24) is 5.06 Å². The molecule has 1 rings (SSSR count). The molecule has 1 saturated heterocycles. The predicted molar refractivity (Wildman–Crippen MR) is 75.4 cm³/mol. The Labute approximate surface area is 113 Å². The van der Waals surface area contributed by atoms with Crippen LogP contribution in [0, 0.1) is 5.92 Å². The van der Waals surface area contributed by atoms with Crippen LogP contribution < -0.4 is 0 Å². The molecule has 18 heavy (non-hydrogen) atoms. The normalized spacial score (nSPS) is 25.3. The summed E-state index contributed by atoms with van der Waals surface area (Å²) in [6.45, 7) is 16.1. The van der Waals surface area contributed by atoms with Gasteiger partial charge in [0.1, 0.15) is 0 Å². The lowest BCUT2D eigenvalue weighted by Crippen LogP contribution is -2.60. The van der Waals surface area contributed by atoms with Crippen molar-refractivity contribution in [2.24, 2.45) is 5.92 Å². The van der Waals surface area contributed by atoms with Crippen LogP contribution in [0.1, 0.15) is 61.3 Å². The minimum absolute atomic E-state index is 0.0744. The maximum absolute atomic E-state index is 6.13. The van der Waals surface area contributed by atoms with E-state index in [2.05, 4.69) is 53.5 Å². The first-order valence-electron chi connectivity index (χ1n) is 6.99. The van der Waals surface area contributed by atoms with Crippen molar-refractivity contribution in [3.8, 4) is 0 Å². The van der Waals surface area contributed by atoms with Crippen LogP contribution in [-0.2, 0) is 9.57 Å². The average molecular weight is 257 g/mol. The molecule has 0 spiro atoms. The number of hydrogen-bond donors (Lipinski definition) is 0. The van der Waals surface area contributed by atoms with E-state index in [4.69, 9.17) is 9.57 Å². The summed E-state index contributed by atoms with van der Waals surface area (Å²) in [6, 6.07) is 0. The Bertz CT molecular complexity index is 266. The molecule has 3 heteroatoms. The zero-order valence-corrected chi connectivity index (χ0v) is 13.5. The Morgan fingerprint density at radius 1 is 1.11 bits per heavy atom. The van der Waals surface area contributed by atoms with E-state index in [1.54, 1.807) is 7.11 Å².